The Bertz CT molecular complexity index is 859. The highest BCUT2D eigenvalue weighted by molar-refractivity contribution is 7.18. The number of carbonyl (C=O) groups is 1. The SMILES string of the molecule is O=C(OCc1nc2ccccc2s1)C1Cc2cc(Cl)ccc2O1. The van der Waals surface area contributed by atoms with Gasteiger partial charge >= 0.3 is 5.97 Å². The van der Waals surface area contributed by atoms with Gasteiger partial charge in [-0.3, -0.25) is 0 Å². The van der Waals surface area contributed by atoms with Crippen LogP contribution in [0.3, 0.4) is 0 Å². The average molecular weight is 346 g/mol. The standard InChI is InChI=1S/C17H12ClNO3S/c18-11-5-6-13-10(7-11)8-14(22-13)17(20)21-9-16-19-12-3-1-2-4-15(12)23-16/h1-7,14H,8-9H2. The number of halogens is 1. The summed E-state index contributed by atoms with van der Waals surface area (Å²) in [5, 5.41) is 1.41. The van der Waals surface area contributed by atoms with Gasteiger partial charge in [0.05, 0.1) is 10.2 Å². The van der Waals surface area contributed by atoms with E-state index in [0.29, 0.717) is 17.2 Å². The number of rotatable bonds is 3. The molecule has 0 N–H and O–H groups in total. The predicted molar refractivity (Wildman–Crippen MR) is 89.0 cm³/mol. The molecule has 1 aliphatic rings. The zero-order valence-corrected chi connectivity index (χ0v) is 13.6. The molecule has 0 bridgehead atoms. The average Bonchev–Trinajstić information content (AvgIpc) is 3.15. The van der Waals surface area contributed by atoms with Crippen LogP contribution in [0.1, 0.15) is 10.6 Å². The van der Waals surface area contributed by atoms with Crippen molar-refractivity contribution in [3.8, 4) is 5.75 Å². The third kappa shape index (κ3) is 2.90. The van der Waals surface area contributed by atoms with Crippen LogP contribution in [0.25, 0.3) is 10.2 Å². The first-order valence-corrected chi connectivity index (χ1v) is 8.35. The highest BCUT2D eigenvalue weighted by atomic mass is 35.5. The topological polar surface area (TPSA) is 48.4 Å². The molecule has 4 rings (SSSR count). The van der Waals surface area contributed by atoms with Gasteiger partial charge in [-0.15, -0.1) is 11.3 Å². The lowest BCUT2D eigenvalue weighted by atomic mass is 10.1. The second-order valence-electron chi connectivity index (χ2n) is 5.25. The zero-order valence-electron chi connectivity index (χ0n) is 12.0. The third-order valence-corrected chi connectivity index (χ3v) is 4.88. The van der Waals surface area contributed by atoms with E-state index in [-0.39, 0.29) is 12.6 Å². The molecule has 23 heavy (non-hydrogen) atoms. The van der Waals surface area contributed by atoms with Crippen molar-refractivity contribution in [2.45, 2.75) is 19.1 Å². The van der Waals surface area contributed by atoms with Gasteiger partial charge in [0, 0.05) is 11.4 Å². The van der Waals surface area contributed by atoms with Crippen LogP contribution in [0.15, 0.2) is 42.5 Å². The van der Waals surface area contributed by atoms with Crippen molar-refractivity contribution in [1.29, 1.82) is 0 Å². The molecule has 4 nitrogen and oxygen atoms in total. The first-order valence-electron chi connectivity index (χ1n) is 7.15. The molecular formula is C17H12ClNO3S. The fraction of sp³-hybridized carbons (Fsp3) is 0.176. The first kappa shape index (κ1) is 14.5. The van der Waals surface area contributed by atoms with Crippen molar-refractivity contribution in [2.24, 2.45) is 0 Å². The van der Waals surface area contributed by atoms with Crippen LogP contribution >= 0.6 is 22.9 Å². The molecule has 1 aliphatic heterocycles. The molecule has 1 unspecified atom stereocenters. The lowest BCUT2D eigenvalue weighted by Crippen LogP contribution is -2.27. The van der Waals surface area contributed by atoms with Gasteiger partial charge < -0.3 is 9.47 Å². The molecule has 2 aromatic carbocycles. The summed E-state index contributed by atoms with van der Waals surface area (Å²) >= 11 is 7.48. The van der Waals surface area contributed by atoms with Gasteiger partial charge in [0.15, 0.2) is 6.10 Å². The lowest BCUT2D eigenvalue weighted by molar-refractivity contribution is -0.152. The Kier molecular flexibility index (Phi) is 3.67. The third-order valence-electron chi connectivity index (χ3n) is 3.64. The Balaban J connectivity index is 1.41. The Hall–Kier alpha value is -2.11. The maximum absolute atomic E-state index is 12.2. The van der Waals surface area contributed by atoms with Gasteiger partial charge in [-0.1, -0.05) is 23.7 Å². The summed E-state index contributed by atoms with van der Waals surface area (Å²) in [6, 6.07) is 13.2. The van der Waals surface area contributed by atoms with Gasteiger partial charge in [-0.2, -0.15) is 0 Å². The molecule has 0 radical (unpaired) electrons. The van der Waals surface area contributed by atoms with E-state index in [4.69, 9.17) is 21.1 Å². The van der Waals surface area contributed by atoms with E-state index in [0.717, 1.165) is 20.8 Å². The number of esters is 1. The molecule has 0 spiro atoms. The Morgan fingerprint density at radius 1 is 1.35 bits per heavy atom. The van der Waals surface area contributed by atoms with E-state index in [1.165, 1.54) is 11.3 Å². The molecule has 0 aliphatic carbocycles. The summed E-state index contributed by atoms with van der Waals surface area (Å²) in [6.07, 6.45) is -0.132. The molecule has 2 heterocycles. The zero-order chi connectivity index (χ0) is 15.8. The van der Waals surface area contributed by atoms with Crippen LogP contribution in [0, 0.1) is 0 Å². The molecule has 0 fully saturated rings. The summed E-state index contributed by atoms with van der Waals surface area (Å²) in [6.45, 7) is 0.162. The summed E-state index contributed by atoms with van der Waals surface area (Å²) < 4.78 is 12.1. The van der Waals surface area contributed by atoms with Gasteiger partial charge in [0.1, 0.15) is 17.4 Å². The van der Waals surface area contributed by atoms with Crippen LogP contribution in [0.4, 0.5) is 0 Å². The lowest BCUT2D eigenvalue weighted by Gasteiger charge is -2.09. The Morgan fingerprint density at radius 3 is 3.09 bits per heavy atom. The highest BCUT2D eigenvalue weighted by Crippen LogP contribution is 2.31. The van der Waals surface area contributed by atoms with Crippen molar-refractivity contribution >= 4 is 39.1 Å². The quantitative estimate of drug-likeness (QED) is 0.673. The number of hydrogen-bond donors (Lipinski definition) is 0. The number of para-hydroxylation sites is 1. The number of thiazole rings is 1. The molecule has 6 heteroatoms. The van der Waals surface area contributed by atoms with E-state index in [1.54, 1.807) is 12.1 Å². The normalized spacial score (nSPS) is 16.1. The van der Waals surface area contributed by atoms with E-state index in [1.807, 2.05) is 30.3 Å². The van der Waals surface area contributed by atoms with Gasteiger partial charge in [-0.05, 0) is 35.9 Å². The minimum atomic E-state index is -0.613. The smallest absolute Gasteiger partial charge is 0.348 e. The number of aromatic nitrogens is 1. The second-order valence-corrected chi connectivity index (χ2v) is 6.80. The molecule has 0 saturated carbocycles. The fourth-order valence-corrected chi connectivity index (χ4v) is 3.63. The number of ether oxygens (including phenoxy) is 2. The molecule has 1 aromatic heterocycles. The predicted octanol–water partition coefficient (Wildman–Crippen LogP) is 4.00. The minimum Gasteiger partial charge on any atom is -0.478 e. The molecular weight excluding hydrogens is 334 g/mol. The van der Waals surface area contributed by atoms with Crippen LogP contribution in [-0.2, 0) is 22.6 Å². The van der Waals surface area contributed by atoms with Crippen molar-refractivity contribution in [2.75, 3.05) is 0 Å². The van der Waals surface area contributed by atoms with Crippen molar-refractivity contribution in [1.82, 2.24) is 4.98 Å². The first-order chi connectivity index (χ1) is 11.2. The summed E-state index contributed by atoms with van der Waals surface area (Å²) in [5.41, 5.74) is 1.85. The van der Waals surface area contributed by atoms with E-state index >= 15 is 0 Å². The monoisotopic (exact) mass is 345 g/mol. The second kappa shape index (κ2) is 5.83. The minimum absolute atomic E-state index is 0.162. The van der Waals surface area contributed by atoms with E-state index in [2.05, 4.69) is 4.98 Å². The van der Waals surface area contributed by atoms with Gasteiger partial charge in [-0.25, -0.2) is 9.78 Å². The van der Waals surface area contributed by atoms with Crippen molar-refractivity contribution < 1.29 is 14.3 Å². The maximum atomic E-state index is 12.2. The summed E-state index contributed by atoms with van der Waals surface area (Å²) in [5.74, 6) is 0.313. The molecule has 0 amide bonds. The van der Waals surface area contributed by atoms with Gasteiger partial charge in [0.2, 0.25) is 0 Å². The van der Waals surface area contributed by atoms with Crippen molar-refractivity contribution in [3.63, 3.8) is 0 Å². The molecule has 3 aromatic rings. The maximum Gasteiger partial charge on any atom is 0.348 e. The molecule has 1 atom stereocenters. The van der Waals surface area contributed by atoms with E-state index in [9.17, 15) is 4.79 Å². The van der Waals surface area contributed by atoms with Crippen LogP contribution in [0.5, 0.6) is 5.75 Å². The largest absolute Gasteiger partial charge is 0.478 e. The van der Waals surface area contributed by atoms with E-state index < -0.39 is 6.10 Å². The Labute approximate surface area is 141 Å². The van der Waals surface area contributed by atoms with Gasteiger partial charge in [0.25, 0.3) is 0 Å². The summed E-state index contributed by atoms with van der Waals surface area (Å²) in [7, 11) is 0. The number of carbonyl (C=O) groups excluding carboxylic acids is 1. The summed E-state index contributed by atoms with van der Waals surface area (Å²) in [4.78, 5) is 16.6. The Morgan fingerprint density at radius 2 is 2.22 bits per heavy atom. The van der Waals surface area contributed by atoms with Crippen LogP contribution in [0.2, 0.25) is 5.02 Å². The highest BCUT2D eigenvalue weighted by Gasteiger charge is 2.30. The number of hydrogen-bond acceptors (Lipinski definition) is 5. The molecule has 116 valence electrons. The number of fused-ring (bicyclic) bond motifs is 2. The van der Waals surface area contributed by atoms with Crippen molar-refractivity contribution in [3.05, 3.63) is 58.1 Å². The number of nitrogens with zero attached hydrogens (tertiary/aromatic N) is 1. The molecule has 0 saturated heterocycles. The number of benzene rings is 2. The van der Waals surface area contributed by atoms with Crippen LogP contribution in [-0.4, -0.2) is 17.1 Å². The van der Waals surface area contributed by atoms with Crippen LogP contribution < -0.4 is 4.74 Å². The fourth-order valence-electron chi connectivity index (χ4n) is 2.56.